The number of thioether (sulfide) groups is 1. The third-order valence-corrected chi connectivity index (χ3v) is 7.38. The predicted molar refractivity (Wildman–Crippen MR) is 90.8 cm³/mol. The molecule has 3 aliphatic heterocycles. The summed E-state index contributed by atoms with van der Waals surface area (Å²) in [5.41, 5.74) is 0. The van der Waals surface area contributed by atoms with Gasteiger partial charge in [-0.2, -0.15) is 20.2 Å². The van der Waals surface area contributed by atoms with E-state index in [2.05, 4.69) is 10.6 Å². The van der Waals surface area contributed by atoms with Crippen LogP contribution in [0.15, 0.2) is 0 Å². The molecule has 3 heterocycles. The third kappa shape index (κ3) is 3.71. The molecule has 1 unspecified atom stereocenters. The van der Waals surface area contributed by atoms with E-state index >= 15 is 0 Å². The van der Waals surface area contributed by atoms with Gasteiger partial charge in [0.25, 0.3) is 16.0 Å². The second-order valence-electron chi connectivity index (χ2n) is 6.54. The van der Waals surface area contributed by atoms with Gasteiger partial charge in [0.15, 0.2) is 5.25 Å². The lowest BCUT2D eigenvalue weighted by Gasteiger charge is -2.17. The van der Waals surface area contributed by atoms with Crippen molar-refractivity contribution in [2.24, 2.45) is 0 Å². The number of carbonyl (C=O) groups excluding carboxylic acids is 4. The molecule has 12 heteroatoms. The van der Waals surface area contributed by atoms with Crippen molar-refractivity contribution >= 4 is 45.6 Å². The van der Waals surface area contributed by atoms with Crippen LogP contribution in [0, 0.1) is 0 Å². The highest BCUT2D eigenvalue weighted by Crippen LogP contribution is 2.33. The van der Waals surface area contributed by atoms with Crippen LogP contribution in [0.3, 0.4) is 0 Å². The summed E-state index contributed by atoms with van der Waals surface area (Å²) in [5.74, 6) is -2.01. The van der Waals surface area contributed by atoms with Gasteiger partial charge in [-0.25, -0.2) is 9.69 Å². The molecule has 0 aromatic carbocycles. The molecule has 0 bridgehead atoms. The lowest BCUT2D eigenvalue weighted by atomic mass is 10.0. The molecule has 26 heavy (non-hydrogen) atoms. The van der Waals surface area contributed by atoms with Crippen LogP contribution in [0.2, 0.25) is 0 Å². The molecule has 3 saturated heterocycles. The number of hydrogen-bond acceptors (Lipinski definition) is 7. The van der Waals surface area contributed by atoms with E-state index in [4.69, 9.17) is 4.55 Å². The average Bonchev–Trinajstić information content (AvgIpc) is 3.16. The van der Waals surface area contributed by atoms with Crippen molar-refractivity contribution in [3.8, 4) is 0 Å². The maximum atomic E-state index is 12.1. The zero-order chi connectivity index (χ0) is 19.1. The first-order valence-electron chi connectivity index (χ1n) is 8.23. The number of carbonyl (C=O) groups is 4. The molecule has 144 valence electrons. The van der Waals surface area contributed by atoms with Gasteiger partial charge < -0.3 is 10.6 Å². The van der Waals surface area contributed by atoms with Gasteiger partial charge in [-0.1, -0.05) is 6.42 Å². The number of likely N-dealkylation sites (tertiary alicyclic amines) is 1. The van der Waals surface area contributed by atoms with Gasteiger partial charge in [0.05, 0.1) is 18.5 Å². The van der Waals surface area contributed by atoms with E-state index in [0.717, 1.165) is 12.2 Å². The Morgan fingerprint density at radius 2 is 1.96 bits per heavy atom. The largest absolute Gasteiger partial charge is 0.332 e. The quantitative estimate of drug-likeness (QED) is 0.226. The van der Waals surface area contributed by atoms with Gasteiger partial charge in [0.1, 0.15) is 0 Å². The lowest BCUT2D eigenvalue weighted by molar-refractivity contribution is -0.149. The number of nitrogens with zero attached hydrogens (tertiary/aromatic N) is 1. The van der Waals surface area contributed by atoms with Gasteiger partial charge in [0.2, 0.25) is 11.8 Å². The molecule has 0 aromatic rings. The van der Waals surface area contributed by atoms with Crippen molar-refractivity contribution in [1.82, 2.24) is 15.5 Å². The summed E-state index contributed by atoms with van der Waals surface area (Å²) in [6, 6.07) is 0.0247. The standard InChI is InChI=1S/C14H19N3O7S2/c18-10(17-11(19)5-9(13(17)20)26(22,23)24)4-2-1-3-8-12-7(6-25-8)15-14(21)16-12/h7-9,12H,1-6H2,(H2,15,16,21)(H,22,23,24)/t7-,8-,9?,12-/m1/s1. The monoisotopic (exact) mass is 405 g/mol. The van der Waals surface area contributed by atoms with E-state index in [1.807, 2.05) is 0 Å². The normalized spacial score (nSPS) is 31.1. The molecule has 0 spiro atoms. The summed E-state index contributed by atoms with van der Waals surface area (Å²) in [7, 11) is -4.71. The van der Waals surface area contributed by atoms with Gasteiger partial charge in [-0.3, -0.25) is 18.9 Å². The second kappa shape index (κ2) is 7.16. The number of urea groups is 1. The highest BCUT2D eigenvalue weighted by atomic mass is 32.2. The van der Waals surface area contributed by atoms with Crippen molar-refractivity contribution in [3.63, 3.8) is 0 Å². The van der Waals surface area contributed by atoms with E-state index in [1.165, 1.54) is 0 Å². The summed E-state index contributed by atoms with van der Waals surface area (Å²) in [4.78, 5) is 47.4. The molecule has 5 amide bonds. The van der Waals surface area contributed by atoms with E-state index < -0.39 is 39.5 Å². The van der Waals surface area contributed by atoms with Gasteiger partial charge in [-0.05, 0) is 12.8 Å². The SMILES string of the molecule is O=C1N[C@@H]2[C@@H](CS[C@@H]2CCCCC(=O)N2C(=O)CC(S(=O)(=O)O)C2=O)N1. The van der Waals surface area contributed by atoms with Crippen LogP contribution in [0.25, 0.3) is 0 Å². The number of unbranched alkanes of at least 4 members (excludes halogenated alkanes) is 1. The first-order chi connectivity index (χ1) is 12.2. The topological polar surface area (TPSA) is 150 Å². The zero-order valence-electron chi connectivity index (χ0n) is 13.7. The van der Waals surface area contributed by atoms with Crippen LogP contribution in [0.1, 0.15) is 32.1 Å². The fourth-order valence-corrected chi connectivity index (χ4v) is 5.73. The molecular formula is C14H19N3O7S2. The minimum Gasteiger partial charge on any atom is -0.332 e. The third-order valence-electron chi connectivity index (χ3n) is 4.78. The summed E-state index contributed by atoms with van der Waals surface area (Å²) < 4.78 is 31.1. The van der Waals surface area contributed by atoms with E-state index in [-0.39, 0.29) is 29.8 Å². The summed E-state index contributed by atoms with van der Waals surface area (Å²) in [6.07, 6.45) is 1.10. The van der Waals surface area contributed by atoms with Crippen molar-refractivity contribution in [1.29, 1.82) is 0 Å². The van der Waals surface area contributed by atoms with Crippen LogP contribution in [-0.4, -0.2) is 70.0 Å². The molecule has 3 N–H and O–H groups in total. The Hall–Kier alpha value is -1.66. The maximum Gasteiger partial charge on any atom is 0.315 e. The molecule has 3 fully saturated rings. The van der Waals surface area contributed by atoms with Gasteiger partial charge in [0, 0.05) is 17.4 Å². The molecule has 0 saturated carbocycles. The minimum atomic E-state index is -4.71. The van der Waals surface area contributed by atoms with Gasteiger partial charge in [-0.15, -0.1) is 0 Å². The Bertz CT molecular complexity index is 754. The Kier molecular flexibility index (Phi) is 5.26. The molecule has 3 rings (SSSR count). The molecule has 0 aromatic heterocycles. The molecule has 0 aliphatic carbocycles. The molecule has 4 atom stereocenters. The first-order valence-corrected chi connectivity index (χ1v) is 10.8. The fraction of sp³-hybridized carbons (Fsp3) is 0.714. The predicted octanol–water partition coefficient (Wildman–Crippen LogP) is -0.746. The molecular weight excluding hydrogens is 386 g/mol. The van der Waals surface area contributed by atoms with Crippen molar-refractivity contribution in [3.05, 3.63) is 0 Å². The van der Waals surface area contributed by atoms with Crippen molar-refractivity contribution in [2.45, 2.75) is 54.7 Å². The first kappa shape index (κ1) is 19.1. The lowest BCUT2D eigenvalue weighted by Crippen LogP contribution is -2.39. The summed E-state index contributed by atoms with van der Waals surface area (Å²) >= 11 is 1.75. The van der Waals surface area contributed by atoms with Crippen molar-refractivity contribution in [2.75, 3.05) is 5.75 Å². The average molecular weight is 405 g/mol. The Labute approximate surface area is 154 Å². The number of fused-ring (bicyclic) bond motifs is 1. The van der Waals surface area contributed by atoms with Crippen LogP contribution in [-0.2, 0) is 24.5 Å². The number of nitrogens with one attached hydrogen (secondary N) is 2. The Morgan fingerprint density at radius 3 is 2.62 bits per heavy atom. The second-order valence-corrected chi connectivity index (χ2v) is 9.41. The minimum absolute atomic E-state index is 0.0637. The molecule has 0 radical (unpaired) electrons. The molecule has 3 aliphatic rings. The van der Waals surface area contributed by atoms with E-state index in [1.54, 1.807) is 11.8 Å². The number of imide groups is 3. The molecule has 10 nitrogen and oxygen atoms in total. The Morgan fingerprint density at radius 1 is 1.23 bits per heavy atom. The number of rotatable bonds is 6. The fourth-order valence-electron chi connectivity index (χ4n) is 3.48. The highest BCUT2D eigenvalue weighted by Gasteiger charge is 2.48. The van der Waals surface area contributed by atoms with E-state index in [9.17, 15) is 27.6 Å². The zero-order valence-corrected chi connectivity index (χ0v) is 15.3. The smallest absolute Gasteiger partial charge is 0.315 e. The van der Waals surface area contributed by atoms with Gasteiger partial charge >= 0.3 is 6.03 Å². The Balaban J connectivity index is 1.45. The van der Waals surface area contributed by atoms with Crippen molar-refractivity contribution < 1.29 is 32.1 Å². The number of hydrogen-bond donors (Lipinski definition) is 3. The maximum absolute atomic E-state index is 12.1. The van der Waals surface area contributed by atoms with E-state index in [0.29, 0.717) is 17.7 Å². The van der Waals surface area contributed by atoms with Crippen LogP contribution >= 0.6 is 11.8 Å². The summed E-state index contributed by atoms with van der Waals surface area (Å²) in [6.45, 7) is 0. The highest BCUT2D eigenvalue weighted by molar-refractivity contribution is 8.00. The van der Waals surface area contributed by atoms with Crippen LogP contribution < -0.4 is 10.6 Å². The van der Waals surface area contributed by atoms with Crippen LogP contribution in [0.5, 0.6) is 0 Å². The van der Waals surface area contributed by atoms with Crippen LogP contribution in [0.4, 0.5) is 4.79 Å². The summed E-state index contributed by atoms with van der Waals surface area (Å²) in [5, 5.41) is 4.07. The number of amides is 5.